The molecule has 1 aromatic heterocycles. The van der Waals surface area contributed by atoms with E-state index in [1.54, 1.807) is 5.38 Å². The predicted molar refractivity (Wildman–Crippen MR) is 85.5 cm³/mol. The second kappa shape index (κ2) is 5.72. The van der Waals surface area contributed by atoms with Crippen molar-refractivity contribution in [2.75, 3.05) is 19.3 Å². The molecule has 0 aromatic carbocycles. The lowest BCUT2D eigenvalue weighted by Gasteiger charge is -2.39. The van der Waals surface area contributed by atoms with Crippen molar-refractivity contribution in [2.24, 2.45) is 11.3 Å². The van der Waals surface area contributed by atoms with Crippen LogP contribution in [0.4, 0.5) is 0 Å². The first-order valence-corrected chi connectivity index (χ1v) is 9.94. The van der Waals surface area contributed by atoms with E-state index in [-0.39, 0.29) is 15.5 Å². The lowest BCUT2D eigenvalue weighted by Crippen LogP contribution is -2.43. The Morgan fingerprint density at radius 2 is 2.05 bits per heavy atom. The van der Waals surface area contributed by atoms with E-state index in [1.807, 2.05) is 4.90 Å². The van der Waals surface area contributed by atoms with Gasteiger partial charge in [-0.1, -0.05) is 20.8 Å². The molecule has 0 spiro atoms. The van der Waals surface area contributed by atoms with Crippen LogP contribution in [0.5, 0.6) is 0 Å². The zero-order chi connectivity index (χ0) is 15.8. The molecule has 2 rings (SSSR count). The van der Waals surface area contributed by atoms with Gasteiger partial charge < -0.3 is 4.90 Å². The van der Waals surface area contributed by atoms with Crippen LogP contribution in [-0.2, 0) is 9.84 Å². The van der Waals surface area contributed by atoms with Gasteiger partial charge in [0.05, 0.1) is 5.56 Å². The number of hydrogen-bond acceptors (Lipinski definition) is 4. The van der Waals surface area contributed by atoms with Crippen LogP contribution in [0.15, 0.2) is 15.7 Å². The Kier molecular flexibility index (Phi) is 4.49. The van der Waals surface area contributed by atoms with Gasteiger partial charge in [-0.15, -0.1) is 11.3 Å². The monoisotopic (exact) mass is 329 g/mol. The second-order valence-electron chi connectivity index (χ2n) is 6.88. The first-order chi connectivity index (χ1) is 9.59. The van der Waals surface area contributed by atoms with Gasteiger partial charge in [0, 0.05) is 24.7 Å². The van der Waals surface area contributed by atoms with E-state index < -0.39 is 9.84 Å². The van der Waals surface area contributed by atoms with E-state index in [0.29, 0.717) is 11.5 Å². The molecule has 1 fully saturated rings. The molecule has 1 unspecified atom stereocenters. The van der Waals surface area contributed by atoms with E-state index in [1.165, 1.54) is 12.3 Å². The van der Waals surface area contributed by atoms with Gasteiger partial charge in [-0.2, -0.15) is 0 Å². The minimum Gasteiger partial charge on any atom is -0.338 e. The van der Waals surface area contributed by atoms with Gasteiger partial charge >= 0.3 is 0 Å². The summed E-state index contributed by atoms with van der Waals surface area (Å²) in [5, 5.41) is 1.65. The Bertz CT molecular complexity index is 626. The molecule has 0 N–H and O–H groups in total. The Hall–Kier alpha value is -0.880. The molecule has 1 amide bonds. The first kappa shape index (κ1) is 16.5. The van der Waals surface area contributed by atoms with Crippen LogP contribution < -0.4 is 0 Å². The number of likely N-dealkylation sites (tertiary alicyclic amines) is 1. The quantitative estimate of drug-likeness (QED) is 0.838. The number of hydrogen-bond donors (Lipinski definition) is 0. The summed E-state index contributed by atoms with van der Waals surface area (Å²) in [6, 6.07) is 1.50. The van der Waals surface area contributed by atoms with Crippen molar-refractivity contribution >= 4 is 27.1 Å². The van der Waals surface area contributed by atoms with Crippen molar-refractivity contribution in [3.05, 3.63) is 17.0 Å². The van der Waals surface area contributed by atoms with Crippen LogP contribution in [0.2, 0.25) is 0 Å². The highest BCUT2D eigenvalue weighted by atomic mass is 32.2. The molecule has 6 heteroatoms. The van der Waals surface area contributed by atoms with Crippen molar-refractivity contribution < 1.29 is 13.2 Å². The topological polar surface area (TPSA) is 54.5 Å². The molecule has 0 aliphatic carbocycles. The predicted octanol–water partition coefficient (Wildman–Crippen LogP) is 3.05. The van der Waals surface area contributed by atoms with Crippen molar-refractivity contribution in [1.82, 2.24) is 4.90 Å². The molecule has 21 heavy (non-hydrogen) atoms. The smallest absolute Gasteiger partial charge is 0.254 e. The second-order valence-corrected chi connectivity index (χ2v) is 10.0. The number of sulfone groups is 1. The standard InChI is InChI=1S/C15H23NO3S2/c1-15(2,3)12-6-5-7-16(9-12)14(17)11-8-13(20-10-11)21(4,18)19/h8,10,12H,5-7,9H2,1-4H3. The van der Waals surface area contributed by atoms with Crippen molar-refractivity contribution in [3.8, 4) is 0 Å². The number of rotatable bonds is 2. The zero-order valence-electron chi connectivity index (χ0n) is 13.0. The molecule has 1 atom stereocenters. The lowest BCUT2D eigenvalue weighted by molar-refractivity contribution is 0.0563. The molecule has 1 aliphatic rings. The van der Waals surface area contributed by atoms with E-state index in [9.17, 15) is 13.2 Å². The number of piperidine rings is 1. The Morgan fingerprint density at radius 1 is 1.38 bits per heavy atom. The van der Waals surface area contributed by atoms with Gasteiger partial charge in [0.1, 0.15) is 4.21 Å². The van der Waals surface area contributed by atoms with E-state index in [0.717, 1.165) is 37.3 Å². The van der Waals surface area contributed by atoms with Gasteiger partial charge in [-0.3, -0.25) is 4.79 Å². The van der Waals surface area contributed by atoms with E-state index >= 15 is 0 Å². The Morgan fingerprint density at radius 3 is 2.57 bits per heavy atom. The zero-order valence-corrected chi connectivity index (χ0v) is 14.7. The minimum atomic E-state index is -3.23. The fraction of sp³-hybridized carbons (Fsp3) is 0.667. The lowest BCUT2D eigenvalue weighted by atomic mass is 9.76. The molecular formula is C15H23NO3S2. The van der Waals surface area contributed by atoms with Crippen molar-refractivity contribution in [3.63, 3.8) is 0 Å². The van der Waals surface area contributed by atoms with Crippen molar-refractivity contribution in [2.45, 2.75) is 37.8 Å². The van der Waals surface area contributed by atoms with Crippen LogP contribution in [0.1, 0.15) is 44.0 Å². The summed E-state index contributed by atoms with van der Waals surface area (Å²) < 4.78 is 23.3. The summed E-state index contributed by atoms with van der Waals surface area (Å²) in [5.74, 6) is 0.443. The number of carbonyl (C=O) groups is 1. The third-order valence-corrected chi connectivity index (χ3v) is 6.89. The van der Waals surface area contributed by atoms with Gasteiger partial charge in [-0.25, -0.2) is 8.42 Å². The number of nitrogens with zero attached hydrogens (tertiary/aromatic N) is 1. The largest absolute Gasteiger partial charge is 0.338 e. The van der Waals surface area contributed by atoms with Crippen LogP contribution in [-0.4, -0.2) is 38.6 Å². The molecule has 4 nitrogen and oxygen atoms in total. The van der Waals surface area contributed by atoms with Crippen molar-refractivity contribution in [1.29, 1.82) is 0 Å². The highest BCUT2D eigenvalue weighted by molar-refractivity contribution is 7.92. The summed E-state index contributed by atoms with van der Waals surface area (Å²) in [7, 11) is -3.23. The first-order valence-electron chi connectivity index (χ1n) is 7.17. The highest BCUT2D eigenvalue weighted by Crippen LogP contribution is 2.34. The van der Waals surface area contributed by atoms with Gasteiger partial charge in [0.15, 0.2) is 9.84 Å². The maximum absolute atomic E-state index is 12.6. The van der Waals surface area contributed by atoms with Gasteiger partial charge in [0.25, 0.3) is 5.91 Å². The normalized spacial score (nSPS) is 20.6. The van der Waals surface area contributed by atoms with Crippen LogP contribution in [0.25, 0.3) is 0 Å². The Labute approximate surface area is 131 Å². The third kappa shape index (κ3) is 3.86. The summed E-state index contributed by atoms with van der Waals surface area (Å²) in [5.41, 5.74) is 0.681. The third-order valence-electron chi connectivity index (χ3n) is 4.12. The molecule has 118 valence electrons. The molecule has 2 heterocycles. The number of thiophene rings is 1. The maximum Gasteiger partial charge on any atom is 0.254 e. The molecular weight excluding hydrogens is 306 g/mol. The van der Waals surface area contributed by atoms with Crippen LogP contribution >= 0.6 is 11.3 Å². The van der Waals surface area contributed by atoms with E-state index in [2.05, 4.69) is 20.8 Å². The average molecular weight is 329 g/mol. The number of carbonyl (C=O) groups excluding carboxylic acids is 1. The molecule has 1 aliphatic heterocycles. The summed E-state index contributed by atoms with van der Waals surface area (Å²) in [6.07, 6.45) is 3.33. The molecule has 0 bridgehead atoms. The van der Waals surface area contributed by atoms with E-state index in [4.69, 9.17) is 0 Å². The van der Waals surface area contributed by atoms with Crippen LogP contribution in [0.3, 0.4) is 0 Å². The molecule has 0 radical (unpaired) electrons. The van der Waals surface area contributed by atoms with Gasteiger partial charge in [-0.05, 0) is 30.2 Å². The fourth-order valence-corrected chi connectivity index (χ4v) is 4.47. The fourth-order valence-electron chi connectivity index (χ4n) is 2.67. The average Bonchev–Trinajstić information content (AvgIpc) is 2.86. The molecule has 1 saturated heterocycles. The summed E-state index contributed by atoms with van der Waals surface area (Å²) in [6.45, 7) is 8.13. The SMILES string of the molecule is CC(C)(C)C1CCCN(C(=O)c2csc(S(C)(=O)=O)c2)C1. The molecule has 0 saturated carbocycles. The van der Waals surface area contributed by atoms with Gasteiger partial charge in [0.2, 0.25) is 0 Å². The highest BCUT2D eigenvalue weighted by Gasteiger charge is 2.32. The number of amides is 1. The maximum atomic E-state index is 12.6. The Balaban J connectivity index is 2.15. The molecule has 1 aromatic rings. The minimum absolute atomic E-state index is 0.0462. The summed E-state index contributed by atoms with van der Waals surface area (Å²) in [4.78, 5) is 14.4. The summed E-state index contributed by atoms with van der Waals surface area (Å²) >= 11 is 1.12. The van der Waals surface area contributed by atoms with Crippen LogP contribution in [0, 0.1) is 11.3 Å².